The third-order valence-corrected chi connectivity index (χ3v) is 3.78. The molecule has 9 heteroatoms. The van der Waals surface area contributed by atoms with Gasteiger partial charge in [0, 0.05) is 30.1 Å². The summed E-state index contributed by atoms with van der Waals surface area (Å²) >= 11 is 0. The number of amides is 2. The molecule has 6 nitrogen and oxygen atoms in total. The lowest BCUT2D eigenvalue weighted by atomic mass is 10.0. The number of halogens is 3. The summed E-state index contributed by atoms with van der Waals surface area (Å²) in [7, 11) is 3.00. The van der Waals surface area contributed by atoms with Crippen molar-refractivity contribution in [3.8, 4) is 5.75 Å². The molecule has 1 aromatic carbocycles. The topological polar surface area (TPSA) is 68.2 Å². The van der Waals surface area contributed by atoms with Gasteiger partial charge in [0.15, 0.2) is 6.04 Å². The van der Waals surface area contributed by atoms with Crippen molar-refractivity contribution in [1.29, 1.82) is 0 Å². The number of hydrogen-bond donors (Lipinski definition) is 2. The molecule has 2 N–H and O–H groups in total. The number of aromatic nitrogens is 2. The summed E-state index contributed by atoms with van der Waals surface area (Å²) in [6.07, 6.45) is -4.66. The van der Waals surface area contributed by atoms with Crippen LogP contribution in [0.4, 0.5) is 23.7 Å². The van der Waals surface area contributed by atoms with Gasteiger partial charge in [0.05, 0.1) is 12.8 Å². The summed E-state index contributed by atoms with van der Waals surface area (Å²) < 4.78 is 46.8. The highest BCUT2D eigenvalue weighted by Crippen LogP contribution is 2.35. The fourth-order valence-corrected chi connectivity index (χ4v) is 2.52. The monoisotopic (exact) mass is 356 g/mol. The van der Waals surface area contributed by atoms with E-state index in [0.717, 1.165) is 0 Å². The molecule has 1 heterocycles. The second kappa shape index (κ2) is 7.04. The first-order chi connectivity index (χ1) is 11.6. The number of urea groups is 1. The van der Waals surface area contributed by atoms with E-state index in [1.807, 2.05) is 5.32 Å². The zero-order chi connectivity index (χ0) is 18.8. The van der Waals surface area contributed by atoms with Gasteiger partial charge in [0.2, 0.25) is 0 Å². The van der Waals surface area contributed by atoms with Gasteiger partial charge in [0.1, 0.15) is 5.75 Å². The first-order valence-corrected chi connectivity index (χ1v) is 7.42. The minimum atomic E-state index is -4.66. The zero-order valence-electron chi connectivity index (χ0n) is 14.2. The summed E-state index contributed by atoms with van der Waals surface area (Å²) in [6.45, 7) is 3.00. The van der Waals surface area contributed by atoms with Crippen LogP contribution in [0.3, 0.4) is 0 Å². The molecular formula is C16H19F3N4O2. The van der Waals surface area contributed by atoms with Gasteiger partial charge in [-0.15, -0.1) is 0 Å². The average molecular weight is 356 g/mol. The fraction of sp³-hybridized carbons (Fsp3) is 0.375. The van der Waals surface area contributed by atoms with Gasteiger partial charge < -0.3 is 15.4 Å². The Balaban J connectivity index is 2.24. The molecule has 0 unspecified atom stereocenters. The standard InChI is InChI=1S/C16H19F3N4O2/c1-9-13(10(2)23(3)22-9)14(16(17,18)19)21-15(24)20-11-6-5-7-12(8-11)25-4/h5-8,14H,1-4H3,(H2,20,21,24)/t14-/m0/s1. The van der Waals surface area contributed by atoms with E-state index in [2.05, 4.69) is 10.4 Å². The summed E-state index contributed by atoms with van der Waals surface area (Å²) in [5.41, 5.74) is 0.804. The smallest absolute Gasteiger partial charge is 0.413 e. The second-order valence-corrected chi connectivity index (χ2v) is 5.51. The van der Waals surface area contributed by atoms with Crippen molar-refractivity contribution in [2.24, 2.45) is 7.05 Å². The van der Waals surface area contributed by atoms with Crippen LogP contribution in [0.2, 0.25) is 0 Å². The minimum Gasteiger partial charge on any atom is -0.497 e. The molecule has 1 atom stereocenters. The molecule has 0 aliphatic carbocycles. The molecule has 0 saturated heterocycles. The van der Waals surface area contributed by atoms with E-state index in [1.54, 1.807) is 25.2 Å². The Morgan fingerprint density at radius 3 is 2.52 bits per heavy atom. The SMILES string of the molecule is COc1cccc(NC(=O)N[C@@H](c2c(C)nn(C)c2C)C(F)(F)F)c1. The number of methoxy groups -OCH3 is 1. The van der Waals surface area contributed by atoms with E-state index >= 15 is 0 Å². The number of alkyl halides is 3. The van der Waals surface area contributed by atoms with Crippen molar-refractivity contribution >= 4 is 11.7 Å². The van der Waals surface area contributed by atoms with E-state index in [4.69, 9.17) is 4.74 Å². The Bertz CT molecular complexity index is 771. The maximum absolute atomic E-state index is 13.5. The third kappa shape index (κ3) is 4.23. The molecule has 2 aromatic rings. The number of rotatable bonds is 4. The number of carbonyl (C=O) groups is 1. The summed E-state index contributed by atoms with van der Waals surface area (Å²) in [5.74, 6) is 0.476. The Morgan fingerprint density at radius 2 is 2.00 bits per heavy atom. The lowest BCUT2D eigenvalue weighted by molar-refractivity contribution is -0.155. The van der Waals surface area contributed by atoms with Gasteiger partial charge in [-0.1, -0.05) is 6.07 Å². The van der Waals surface area contributed by atoms with E-state index in [0.29, 0.717) is 17.1 Å². The Hall–Kier alpha value is -2.71. The molecule has 25 heavy (non-hydrogen) atoms. The van der Waals surface area contributed by atoms with Crippen LogP contribution in [0.25, 0.3) is 0 Å². The molecule has 136 valence electrons. The van der Waals surface area contributed by atoms with E-state index < -0.39 is 18.2 Å². The molecular weight excluding hydrogens is 337 g/mol. The van der Waals surface area contributed by atoms with Crippen LogP contribution in [-0.2, 0) is 7.05 Å². The molecule has 2 rings (SSSR count). The maximum atomic E-state index is 13.5. The van der Waals surface area contributed by atoms with E-state index in [9.17, 15) is 18.0 Å². The molecule has 2 amide bonds. The number of hydrogen-bond acceptors (Lipinski definition) is 3. The van der Waals surface area contributed by atoms with Crippen LogP contribution < -0.4 is 15.4 Å². The molecule has 0 bridgehead atoms. The minimum absolute atomic E-state index is 0.0595. The highest BCUT2D eigenvalue weighted by molar-refractivity contribution is 5.89. The highest BCUT2D eigenvalue weighted by Gasteiger charge is 2.44. The quantitative estimate of drug-likeness (QED) is 0.881. The lowest BCUT2D eigenvalue weighted by Gasteiger charge is -2.22. The van der Waals surface area contributed by atoms with Crippen LogP contribution in [0.15, 0.2) is 24.3 Å². The predicted molar refractivity (Wildman–Crippen MR) is 86.6 cm³/mol. The number of benzene rings is 1. The summed E-state index contributed by atoms with van der Waals surface area (Å²) in [4.78, 5) is 12.1. The van der Waals surface area contributed by atoms with Crippen molar-refractivity contribution in [3.05, 3.63) is 41.2 Å². The Kier molecular flexibility index (Phi) is 5.24. The van der Waals surface area contributed by atoms with Gasteiger partial charge in [0.25, 0.3) is 0 Å². The van der Waals surface area contributed by atoms with Crippen molar-refractivity contribution < 1.29 is 22.7 Å². The van der Waals surface area contributed by atoms with Gasteiger partial charge in [-0.2, -0.15) is 18.3 Å². The van der Waals surface area contributed by atoms with Crippen LogP contribution in [0, 0.1) is 13.8 Å². The Labute approximate surface area is 143 Å². The second-order valence-electron chi connectivity index (χ2n) is 5.51. The van der Waals surface area contributed by atoms with Gasteiger partial charge in [-0.25, -0.2) is 4.79 Å². The van der Waals surface area contributed by atoms with Gasteiger partial charge in [-0.3, -0.25) is 4.68 Å². The molecule has 0 saturated carbocycles. The number of anilines is 1. The van der Waals surface area contributed by atoms with Crippen LogP contribution >= 0.6 is 0 Å². The number of carbonyl (C=O) groups excluding carboxylic acids is 1. The number of nitrogens with one attached hydrogen (secondary N) is 2. The first-order valence-electron chi connectivity index (χ1n) is 7.42. The molecule has 0 spiro atoms. The van der Waals surface area contributed by atoms with Crippen LogP contribution in [-0.4, -0.2) is 29.1 Å². The van der Waals surface area contributed by atoms with Crippen LogP contribution in [0.5, 0.6) is 5.75 Å². The molecule has 1 aromatic heterocycles. The molecule has 0 aliphatic rings. The predicted octanol–water partition coefficient (Wildman–Crippen LogP) is 3.47. The van der Waals surface area contributed by atoms with Crippen LogP contribution in [0.1, 0.15) is 23.0 Å². The highest BCUT2D eigenvalue weighted by atomic mass is 19.4. The first kappa shape index (κ1) is 18.6. The summed E-state index contributed by atoms with van der Waals surface area (Å²) in [6, 6.07) is 3.19. The number of nitrogens with zero attached hydrogens (tertiary/aromatic N) is 2. The van der Waals surface area contributed by atoms with Crippen molar-refractivity contribution in [2.75, 3.05) is 12.4 Å². The maximum Gasteiger partial charge on any atom is 0.413 e. The fourth-order valence-electron chi connectivity index (χ4n) is 2.52. The normalized spacial score (nSPS) is 12.6. The number of aryl methyl sites for hydroxylation is 2. The van der Waals surface area contributed by atoms with Gasteiger partial charge >= 0.3 is 12.2 Å². The third-order valence-electron chi connectivity index (χ3n) is 3.78. The van der Waals surface area contributed by atoms with Crippen molar-refractivity contribution in [2.45, 2.75) is 26.1 Å². The average Bonchev–Trinajstić information content (AvgIpc) is 2.77. The summed E-state index contributed by atoms with van der Waals surface area (Å²) in [5, 5.41) is 8.35. The van der Waals surface area contributed by atoms with Crippen molar-refractivity contribution in [3.63, 3.8) is 0 Å². The van der Waals surface area contributed by atoms with E-state index in [-0.39, 0.29) is 11.3 Å². The van der Waals surface area contributed by atoms with Crippen molar-refractivity contribution in [1.82, 2.24) is 15.1 Å². The molecule has 0 radical (unpaired) electrons. The van der Waals surface area contributed by atoms with E-state index in [1.165, 1.54) is 31.7 Å². The zero-order valence-corrected chi connectivity index (χ0v) is 14.2. The largest absolute Gasteiger partial charge is 0.497 e. The molecule has 0 aliphatic heterocycles. The number of ether oxygens (including phenoxy) is 1. The lowest BCUT2D eigenvalue weighted by Crippen LogP contribution is -2.41. The molecule has 0 fully saturated rings. The Morgan fingerprint density at radius 1 is 1.32 bits per heavy atom. The van der Waals surface area contributed by atoms with Gasteiger partial charge in [-0.05, 0) is 26.0 Å².